The van der Waals surface area contributed by atoms with Gasteiger partial charge in [0.05, 0.1) is 0 Å². The van der Waals surface area contributed by atoms with E-state index in [9.17, 15) is 0 Å². The SMILES string of the molecule is CN(C)CCCCCCCCCCCCCCCCCc1ccccc1.Cl.O. The van der Waals surface area contributed by atoms with Crippen LogP contribution in [0.4, 0.5) is 0 Å². The number of nitrogens with zero attached hydrogens (tertiary/aromatic N) is 1. The van der Waals surface area contributed by atoms with E-state index in [1.807, 2.05) is 0 Å². The number of hydrogen-bond acceptors (Lipinski definition) is 1. The molecule has 0 atom stereocenters. The summed E-state index contributed by atoms with van der Waals surface area (Å²) in [7, 11) is 4.35. The van der Waals surface area contributed by atoms with Crippen LogP contribution >= 0.6 is 12.4 Å². The van der Waals surface area contributed by atoms with Crippen molar-refractivity contribution in [2.45, 2.75) is 103 Å². The van der Waals surface area contributed by atoms with Gasteiger partial charge in [0.15, 0.2) is 0 Å². The molecule has 0 fully saturated rings. The lowest BCUT2D eigenvalue weighted by molar-refractivity contribution is 0.389. The molecule has 0 aromatic heterocycles. The van der Waals surface area contributed by atoms with Gasteiger partial charge in [0.1, 0.15) is 0 Å². The average molecular weight is 414 g/mol. The van der Waals surface area contributed by atoms with E-state index in [-0.39, 0.29) is 17.9 Å². The van der Waals surface area contributed by atoms with Crippen LogP contribution in [0.15, 0.2) is 30.3 Å². The number of aryl methyl sites for hydroxylation is 1. The Labute approximate surface area is 182 Å². The Morgan fingerprint density at radius 1 is 0.536 bits per heavy atom. The molecule has 0 bridgehead atoms. The first-order chi connectivity index (χ1) is 12.8. The normalized spacial score (nSPS) is 10.5. The highest BCUT2D eigenvalue weighted by molar-refractivity contribution is 5.85. The third kappa shape index (κ3) is 20.2. The molecule has 166 valence electrons. The smallest absolute Gasteiger partial charge is 0.00248 e. The van der Waals surface area contributed by atoms with E-state index >= 15 is 0 Å². The third-order valence-corrected chi connectivity index (χ3v) is 5.41. The van der Waals surface area contributed by atoms with Crippen LogP contribution in [0.25, 0.3) is 0 Å². The Morgan fingerprint density at radius 2 is 0.893 bits per heavy atom. The van der Waals surface area contributed by atoms with Crippen LogP contribution in [-0.2, 0) is 6.42 Å². The van der Waals surface area contributed by atoms with Crippen molar-refractivity contribution in [1.82, 2.24) is 4.90 Å². The zero-order valence-electron chi connectivity index (χ0n) is 18.8. The summed E-state index contributed by atoms with van der Waals surface area (Å²) < 4.78 is 0. The van der Waals surface area contributed by atoms with Crippen LogP contribution in [0, 0.1) is 0 Å². The highest BCUT2D eigenvalue weighted by Gasteiger charge is 1.96. The fraction of sp³-hybridized carbons (Fsp3) is 0.760. The molecule has 0 aliphatic heterocycles. The van der Waals surface area contributed by atoms with Crippen molar-refractivity contribution in [2.75, 3.05) is 20.6 Å². The van der Waals surface area contributed by atoms with Gasteiger partial charge in [-0.25, -0.2) is 0 Å². The molecule has 0 spiro atoms. The summed E-state index contributed by atoms with van der Waals surface area (Å²) in [5.41, 5.74) is 1.50. The van der Waals surface area contributed by atoms with Gasteiger partial charge < -0.3 is 10.4 Å². The number of benzene rings is 1. The molecule has 0 unspecified atom stereocenters. The highest BCUT2D eigenvalue weighted by atomic mass is 35.5. The van der Waals surface area contributed by atoms with Crippen LogP contribution in [0.3, 0.4) is 0 Å². The van der Waals surface area contributed by atoms with Gasteiger partial charge in [-0.1, -0.05) is 114 Å². The zero-order chi connectivity index (χ0) is 18.7. The lowest BCUT2D eigenvalue weighted by Gasteiger charge is -2.08. The molecule has 1 aromatic carbocycles. The average Bonchev–Trinajstić information content (AvgIpc) is 2.65. The number of hydrogen-bond donors (Lipinski definition) is 0. The molecule has 1 rings (SSSR count). The number of unbranched alkanes of at least 4 members (excludes halogenated alkanes) is 14. The summed E-state index contributed by atoms with van der Waals surface area (Å²) in [6.45, 7) is 1.26. The van der Waals surface area contributed by atoms with E-state index in [1.165, 1.54) is 115 Å². The van der Waals surface area contributed by atoms with E-state index in [0.29, 0.717) is 0 Å². The molecule has 2 N–H and O–H groups in total. The minimum atomic E-state index is 0. The van der Waals surface area contributed by atoms with Crippen molar-refractivity contribution >= 4 is 12.4 Å². The Balaban J connectivity index is 0. The zero-order valence-corrected chi connectivity index (χ0v) is 19.6. The van der Waals surface area contributed by atoms with Gasteiger partial charge in [-0.15, -0.1) is 12.4 Å². The van der Waals surface area contributed by atoms with Gasteiger partial charge >= 0.3 is 0 Å². The second-order valence-corrected chi connectivity index (χ2v) is 8.34. The van der Waals surface area contributed by atoms with Gasteiger partial charge in [0.2, 0.25) is 0 Å². The molecule has 28 heavy (non-hydrogen) atoms. The monoisotopic (exact) mass is 413 g/mol. The van der Waals surface area contributed by atoms with Gasteiger partial charge in [-0.2, -0.15) is 0 Å². The predicted molar refractivity (Wildman–Crippen MR) is 129 cm³/mol. The van der Waals surface area contributed by atoms with Crippen LogP contribution in [0.2, 0.25) is 0 Å². The Morgan fingerprint density at radius 3 is 1.29 bits per heavy atom. The number of halogens is 1. The molecule has 0 amide bonds. The second-order valence-electron chi connectivity index (χ2n) is 8.34. The maximum atomic E-state index is 2.30. The minimum absolute atomic E-state index is 0. The third-order valence-electron chi connectivity index (χ3n) is 5.41. The molecule has 0 saturated heterocycles. The minimum Gasteiger partial charge on any atom is -0.412 e. The fourth-order valence-corrected chi connectivity index (χ4v) is 3.70. The molecule has 0 aliphatic rings. The van der Waals surface area contributed by atoms with Crippen molar-refractivity contribution in [3.63, 3.8) is 0 Å². The summed E-state index contributed by atoms with van der Waals surface area (Å²) in [5.74, 6) is 0. The van der Waals surface area contributed by atoms with Crippen LogP contribution in [-0.4, -0.2) is 31.0 Å². The van der Waals surface area contributed by atoms with Crippen molar-refractivity contribution < 1.29 is 5.48 Å². The Bertz CT molecular complexity index is 397. The van der Waals surface area contributed by atoms with Crippen LogP contribution in [0.1, 0.15) is 102 Å². The molecular weight excluding hydrogens is 366 g/mol. The molecule has 2 nitrogen and oxygen atoms in total. The van der Waals surface area contributed by atoms with E-state index < -0.39 is 0 Å². The first kappa shape index (κ1) is 29.6. The first-order valence-electron chi connectivity index (χ1n) is 11.5. The van der Waals surface area contributed by atoms with Gasteiger partial charge in [-0.3, -0.25) is 0 Å². The van der Waals surface area contributed by atoms with Crippen molar-refractivity contribution in [3.8, 4) is 0 Å². The van der Waals surface area contributed by atoms with E-state index in [2.05, 4.69) is 49.3 Å². The summed E-state index contributed by atoms with van der Waals surface area (Å²) >= 11 is 0. The molecule has 0 heterocycles. The number of rotatable bonds is 18. The van der Waals surface area contributed by atoms with Crippen molar-refractivity contribution in [3.05, 3.63) is 35.9 Å². The standard InChI is InChI=1S/C25H45N.ClH.H2O/c1-26(2)24-20-15-13-11-9-7-5-3-4-6-8-10-12-14-17-21-25-22-18-16-19-23-25;;/h16,18-19,22-23H,3-15,17,20-21,24H2,1-2H3;1H;1H2. The van der Waals surface area contributed by atoms with Gasteiger partial charge in [0.25, 0.3) is 0 Å². The highest BCUT2D eigenvalue weighted by Crippen LogP contribution is 2.14. The molecule has 3 heteroatoms. The Hall–Kier alpha value is -0.570. The van der Waals surface area contributed by atoms with Crippen LogP contribution in [0.5, 0.6) is 0 Å². The summed E-state index contributed by atoms with van der Waals surface area (Å²) in [4.78, 5) is 2.30. The summed E-state index contributed by atoms with van der Waals surface area (Å²) in [6.07, 6.45) is 22.8. The largest absolute Gasteiger partial charge is 0.412 e. The van der Waals surface area contributed by atoms with E-state index in [4.69, 9.17) is 0 Å². The summed E-state index contributed by atoms with van der Waals surface area (Å²) in [6, 6.07) is 10.9. The van der Waals surface area contributed by atoms with Gasteiger partial charge in [-0.05, 0) is 45.5 Å². The van der Waals surface area contributed by atoms with Crippen molar-refractivity contribution in [1.29, 1.82) is 0 Å². The lowest BCUT2D eigenvalue weighted by Crippen LogP contribution is -2.12. The van der Waals surface area contributed by atoms with E-state index in [0.717, 1.165) is 0 Å². The quantitative estimate of drug-likeness (QED) is 0.233. The van der Waals surface area contributed by atoms with Crippen molar-refractivity contribution in [2.24, 2.45) is 0 Å². The molecule has 0 saturated carbocycles. The van der Waals surface area contributed by atoms with Gasteiger partial charge in [0, 0.05) is 0 Å². The predicted octanol–water partition coefficient (Wildman–Crippen LogP) is 7.24. The lowest BCUT2D eigenvalue weighted by atomic mass is 10.0. The molecule has 1 aromatic rings. The topological polar surface area (TPSA) is 34.7 Å². The van der Waals surface area contributed by atoms with E-state index in [1.54, 1.807) is 0 Å². The molecule has 0 aliphatic carbocycles. The second kappa shape index (κ2) is 22.7. The molecular formula is C25H48ClNO. The first-order valence-corrected chi connectivity index (χ1v) is 11.5. The maximum Gasteiger partial charge on any atom is -0.00248 e. The Kier molecular flexibility index (Phi) is 24.0. The van der Waals surface area contributed by atoms with Crippen LogP contribution < -0.4 is 0 Å². The maximum absolute atomic E-state index is 2.30. The fourth-order valence-electron chi connectivity index (χ4n) is 3.70. The molecule has 0 radical (unpaired) electrons. The summed E-state index contributed by atoms with van der Waals surface area (Å²) in [5, 5.41) is 0.